The first-order chi connectivity index (χ1) is 17.8. The lowest BCUT2D eigenvalue weighted by Crippen LogP contribution is -2.18. The standard InChI is InChI=1S/C34H45NO2/c1-6-8-12-27(11-7-2)28-15-18-30(19-16-28)34(37)22-33-24(3)21-31(25(4)23-35-33)20-17-29-13-9-10-14-32(29)26(5)36/h9-10,13-16,18-19,23-24,27,31H,6-8,11-12,17,20-22H2,1-5H3. The Labute approximate surface area is 224 Å². The fraction of sp³-hybridized carbons (Fsp3) is 0.500. The molecule has 2 aromatic carbocycles. The third-order valence-electron chi connectivity index (χ3n) is 8.03. The van der Waals surface area contributed by atoms with Crippen molar-refractivity contribution in [3.63, 3.8) is 0 Å². The normalized spacial score (nSPS) is 18.5. The van der Waals surface area contributed by atoms with Crippen LogP contribution in [0.15, 0.2) is 65.3 Å². The molecule has 0 saturated heterocycles. The molecule has 0 aliphatic carbocycles. The molecular weight excluding hydrogens is 454 g/mol. The molecular formula is C34H45NO2. The monoisotopic (exact) mass is 499 g/mol. The molecule has 0 fully saturated rings. The van der Waals surface area contributed by atoms with Crippen LogP contribution in [0, 0.1) is 11.8 Å². The number of nitrogens with zero attached hydrogens (tertiary/aromatic N) is 1. The van der Waals surface area contributed by atoms with E-state index >= 15 is 0 Å². The van der Waals surface area contributed by atoms with Crippen LogP contribution in [0.1, 0.15) is 124 Å². The quantitative estimate of drug-likeness (QED) is 0.258. The SMILES string of the molecule is CCCCC(CCC)c1ccc(C(=O)CC2=NC=C(C)C(CCc3ccccc3C(C)=O)CC2C)cc1. The highest BCUT2D eigenvalue weighted by Gasteiger charge is 2.24. The second-order valence-electron chi connectivity index (χ2n) is 10.9. The molecule has 0 radical (unpaired) electrons. The van der Waals surface area contributed by atoms with Crippen molar-refractivity contribution < 1.29 is 9.59 Å². The van der Waals surface area contributed by atoms with Crippen molar-refractivity contribution in [2.45, 2.75) is 98.3 Å². The lowest BCUT2D eigenvalue weighted by molar-refractivity contribution is 0.0995. The van der Waals surface area contributed by atoms with Crippen molar-refractivity contribution in [3.8, 4) is 0 Å². The number of rotatable bonds is 13. The number of aliphatic imine (C=N–C) groups is 1. The van der Waals surface area contributed by atoms with E-state index in [0.29, 0.717) is 18.3 Å². The molecule has 3 heteroatoms. The molecule has 2 aromatic rings. The van der Waals surface area contributed by atoms with Crippen LogP contribution < -0.4 is 0 Å². The summed E-state index contributed by atoms with van der Waals surface area (Å²) in [5.41, 5.74) is 6.33. The molecule has 37 heavy (non-hydrogen) atoms. The number of unbranched alkanes of at least 4 members (excludes halogenated alkanes) is 1. The van der Waals surface area contributed by atoms with Gasteiger partial charge in [0.2, 0.25) is 0 Å². The second-order valence-corrected chi connectivity index (χ2v) is 10.9. The average Bonchev–Trinajstić information content (AvgIpc) is 3.03. The van der Waals surface area contributed by atoms with Crippen molar-refractivity contribution in [3.05, 3.63) is 82.6 Å². The minimum Gasteiger partial charge on any atom is -0.295 e. The van der Waals surface area contributed by atoms with Gasteiger partial charge >= 0.3 is 0 Å². The minimum atomic E-state index is 0.121. The molecule has 1 aliphatic heterocycles. The van der Waals surface area contributed by atoms with Gasteiger partial charge in [-0.05, 0) is 74.8 Å². The first-order valence-electron chi connectivity index (χ1n) is 14.3. The van der Waals surface area contributed by atoms with E-state index in [1.54, 1.807) is 6.92 Å². The zero-order chi connectivity index (χ0) is 26.8. The molecule has 1 aliphatic rings. The Morgan fingerprint density at radius 1 is 1.00 bits per heavy atom. The summed E-state index contributed by atoms with van der Waals surface area (Å²) in [5.74, 6) is 1.50. The highest BCUT2D eigenvalue weighted by Crippen LogP contribution is 2.31. The molecule has 198 valence electrons. The molecule has 3 nitrogen and oxygen atoms in total. The number of allylic oxidation sites excluding steroid dienone is 1. The summed E-state index contributed by atoms with van der Waals surface area (Å²) in [6.45, 7) is 10.5. The number of benzene rings is 2. The summed E-state index contributed by atoms with van der Waals surface area (Å²) in [4.78, 5) is 30.0. The summed E-state index contributed by atoms with van der Waals surface area (Å²) in [6.07, 6.45) is 11.3. The Morgan fingerprint density at radius 3 is 2.41 bits per heavy atom. The number of Topliss-reactive ketones (excluding diaryl/α,β-unsaturated/α-hetero) is 2. The number of hydrogen-bond acceptors (Lipinski definition) is 3. The largest absolute Gasteiger partial charge is 0.295 e. The second kappa shape index (κ2) is 14.2. The van der Waals surface area contributed by atoms with Crippen molar-refractivity contribution >= 4 is 17.3 Å². The first-order valence-corrected chi connectivity index (χ1v) is 14.3. The highest BCUT2D eigenvalue weighted by molar-refractivity contribution is 6.10. The van der Waals surface area contributed by atoms with E-state index in [9.17, 15) is 9.59 Å². The van der Waals surface area contributed by atoms with Gasteiger partial charge in [-0.1, -0.05) is 94.1 Å². The van der Waals surface area contributed by atoms with Gasteiger partial charge in [0.1, 0.15) is 0 Å². The minimum absolute atomic E-state index is 0.121. The fourth-order valence-corrected chi connectivity index (χ4v) is 5.63. The van der Waals surface area contributed by atoms with Gasteiger partial charge in [-0.25, -0.2) is 0 Å². The molecule has 1 heterocycles. The smallest absolute Gasteiger partial charge is 0.168 e. The molecule has 0 spiro atoms. The Hall–Kier alpha value is -2.81. The van der Waals surface area contributed by atoms with E-state index in [0.717, 1.165) is 41.7 Å². The summed E-state index contributed by atoms with van der Waals surface area (Å²) in [6, 6.07) is 16.3. The third-order valence-corrected chi connectivity index (χ3v) is 8.03. The molecule has 0 aromatic heterocycles. The van der Waals surface area contributed by atoms with Crippen molar-refractivity contribution in [1.29, 1.82) is 0 Å². The van der Waals surface area contributed by atoms with Crippen molar-refractivity contribution in [2.24, 2.45) is 16.8 Å². The highest BCUT2D eigenvalue weighted by atomic mass is 16.1. The zero-order valence-corrected chi connectivity index (χ0v) is 23.6. The molecule has 3 unspecified atom stereocenters. The summed E-state index contributed by atoms with van der Waals surface area (Å²) >= 11 is 0. The van der Waals surface area contributed by atoms with Gasteiger partial charge in [-0.2, -0.15) is 0 Å². The number of ketones is 2. The maximum Gasteiger partial charge on any atom is 0.168 e. The predicted octanol–water partition coefficient (Wildman–Crippen LogP) is 9.17. The van der Waals surface area contributed by atoms with E-state index in [4.69, 9.17) is 4.99 Å². The van der Waals surface area contributed by atoms with Crippen LogP contribution >= 0.6 is 0 Å². The van der Waals surface area contributed by atoms with Gasteiger partial charge in [0, 0.05) is 29.5 Å². The molecule has 0 saturated carbocycles. The number of aryl methyl sites for hydroxylation is 1. The lowest BCUT2D eigenvalue weighted by atomic mass is 9.83. The van der Waals surface area contributed by atoms with E-state index in [1.807, 2.05) is 36.5 Å². The molecule has 3 atom stereocenters. The van der Waals surface area contributed by atoms with Crippen LogP contribution in [0.25, 0.3) is 0 Å². The zero-order valence-electron chi connectivity index (χ0n) is 23.6. The Kier molecular flexibility index (Phi) is 11.0. The van der Waals surface area contributed by atoms with E-state index < -0.39 is 0 Å². The fourth-order valence-electron chi connectivity index (χ4n) is 5.63. The molecule has 0 bridgehead atoms. The van der Waals surface area contributed by atoms with E-state index in [-0.39, 0.29) is 17.5 Å². The maximum atomic E-state index is 13.2. The van der Waals surface area contributed by atoms with Gasteiger partial charge in [0.25, 0.3) is 0 Å². The van der Waals surface area contributed by atoms with Crippen LogP contribution in [-0.2, 0) is 6.42 Å². The van der Waals surface area contributed by atoms with E-state index in [2.05, 4.69) is 45.9 Å². The first kappa shape index (κ1) is 28.8. The Morgan fingerprint density at radius 2 is 1.73 bits per heavy atom. The molecule has 0 amide bonds. The lowest BCUT2D eigenvalue weighted by Gasteiger charge is -2.21. The number of hydrogen-bond donors (Lipinski definition) is 0. The van der Waals surface area contributed by atoms with Crippen LogP contribution in [0.5, 0.6) is 0 Å². The maximum absolute atomic E-state index is 13.2. The topological polar surface area (TPSA) is 46.5 Å². The van der Waals surface area contributed by atoms with Gasteiger partial charge < -0.3 is 0 Å². The van der Waals surface area contributed by atoms with Crippen LogP contribution in [-0.4, -0.2) is 17.3 Å². The van der Waals surface area contributed by atoms with Gasteiger partial charge in [0.15, 0.2) is 11.6 Å². The van der Waals surface area contributed by atoms with Crippen LogP contribution in [0.2, 0.25) is 0 Å². The van der Waals surface area contributed by atoms with Crippen molar-refractivity contribution in [1.82, 2.24) is 0 Å². The Bertz CT molecular complexity index is 1110. The number of carbonyl (C=O) groups is 2. The number of carbonyl (C=O) groups excluding carboxylic acids is 2. The molecule has 0 N–H and O–H groups in total. The summed E-state index contributed by atoms with van der Waals surface area (Å²) < 4.78 is 0. The Balaban J connectivity index is 1.62. The predicted molar refractivity (Wildman–Crippen MR) is 156 cm³/mol. The van der Waals surface area contributed by atoms with Gasteiger partial charge in [-0.3, -0.25) is 14.6 Å². The van der Waals surface area contributed by atoms with Crippen molar-refractivity contribution in [2.75, 3.05) is 0 Å². The van der Waals surface area contributed by atoms with Gasteiger partial charge in [0.05, 0.1) is 0 Å². The van der Waals surface area contributed by atoms with E-state index in [1.165, 1.54) is 43.2 Å². The van der Waals surface area contributed by atoms with Gasteiger partial charge in [-0.15, -0.1) is 0 Å². The summed E-state index contributed by atoms with van der Waals surface area (Å²) in [5, 5.41) is 0. The van der Waals surface area contributed by atoms with Crippen LogP contribution in [0.3, 0.4) is 0 Å². The van der Waals surface area contributed by atoms with Crippen LogP contribution in [0.4, 0.5) is 0 Å². The average molecular weight is 500 g/mol. The summed E-state index contributed by atoms with van der Waals surface area (Å²) in [7, 11) is 0. The third kappa shape index (κ3) is 8.09. The molecule has 3 rings (SSSR count).